The molecule has 0 amide bonds. The summed E-state index contributed by atoms with van der Waals surface area (Å²) in [6.45, 7) is 3.59. The molecule has 0 heterocycles. The standard InChI is InChI=1S/C8H8OS/c1-2-6-3-4-7(9)8(10)5-6/h2-5,9-10H,1H2. The SMILES string of the molecule is C=Cc1ccc(O)c(S)c1. The molecule has 0 bridgehead atoms. The van der Waals surface area contributed by atoms with Gasteiger partial charge in [0.05, 0.1) is 0 Å². The lowest BCUT2D eigenvalue weighted by Gasteiger charge is -1.97. The summed E-state index contributed by atoms with van der Waals surface area (Å²) < 4.78 is 0. The number of hydrogen-bond acceptors (Lipinski definition) is 2. The van der Waals surface area contributed by atoms with E-state index >= 15 is 0 Å². The van der Waals surface area contributed by atoms with E-state index in [0.717, 1.165) is 5.56 Å². The highest BCUT2D eigenvalue weighted by Gasteiger charge is 1.94. The summed E-state index contributed by atoms with van der Waals surface area (Å²) in [5.74, 6) is 0.203. The topological polar surface area (TPSA) is 20.2 Å². The van der Waals surface area contributed by atoms with Crippen LogP contribution >= 0.6 is 12.6 Å². The zero-order chi connectivity index (χ0) is 7.56. The molecule has 52 valence electrons. The zero-order valence-electron chi connectivity index (χ0n) is 5.41. The fourth-order valence-corrected chi connectivity index (χ4v) is 0.891. The van der Waals surface area contributed by atoms with Crippen molar-refractivity contribution in [3.8, 4) is 5.75 Å². The molecule has 2 heteroatoms. The van der Waals surface area contributed by atoms with E-state index in [0.29, 0.717) is 4.90 Å². The van der Waals surface area contributed by atoms with Gasteiger partial charge in [-0.3, -0.25) is 0 Å². The molecule has 0 fully saturated rings. The van der Waals surface area contributed by atoms with E-state index in [1.807, 2.05) is 0 Å². The summed E-state index contributed by atoms with van der Waals surface area (Å²) in [4.78, 5) is 0.581. The molecule has 0 aliphatic carbocycles. The van der Waals surface area contributed by atoms with Gasteiger partial charge in [-0.2, -0.15) is 0 Å². The third-order valence-corrected chi connectivity index (χ3v) is 1.59. The van der Waals surface area contributed by atoms with Crippen molar-refractivity contribution in [3.05, 3.63) is 30.3 Å². The van der Waals surface area contributed by atoms with Gasteiger partial charge in [-0.25, -0.2) is 0 Å². The minimum Gasteiger partial charge on any atom is -0.507 e. The van der Waals surface area contributed by atoms with Gasteiger partial charge in [-0.15, -0.1) is 12.6 Å². The minimum atomic E-state index is 0.203. The predicted molar refractivity (Wildman–Crippen MR) is 45.4 cm³/mol. The maximum atomic E-state index is 9.03. The molecule has 1 nitrogen and oxygen atoms in total. The molecule has 1 rings (SSSR count). The van der Waals surface area contributed by atoms with Crippen LogP contribution in [0, 0.1) is 0 Å². The Bertz CT molecular complexity index is 255. The first-order valence-electron chi connectivity index (χ1n) is 2.88. The highest BCUT2D eigenvalue weighted by molar-refractivity contribution is 7.80. The van der Waals surface area contributed by atoms with Gasteiger partial charge in [0.1, 0.15) is 5.75 Å². The Morgan fingerprint density at radius 3 is 2.70 bits per heavy atom. The lowest BCUT2D eigenvalue weighted by atomic mass is 10.2. The van der Waals surface area contributed by atoms with Crippen LogP contribution in [0.25, 0.3) is 6.08 Å². The highest BCUT2D eigenvalue weighted by atomic mass is 32.1. The number of hydrogen-bond donors (Lipinski definition) is 2. The van der Waals surface area contributed by atoms with E-state index in [-0.39, 0.29) is 5.75 Å². The van der Waals surface area contributed by atoms with Gasteiger partial charge in [-0.05, 0) is 17.7 Å². The van der Waals surface area contributed by atoms with Crippen molar-refractivity contribution in [1.82, 2.24) is 0 Å². The van der Waals surface area contributed by atoms with Crippen molar-refractivity contribution in [2.24, 2.45) is 0 Å². The van der Waals surface area contributed by atoms with Crippen molar-refractivity contribution in [2.75, 3.05) is 0 Å². The molecule has 1 aromatic carbocycles. The monoisotopic (exact) mass is 152 g/mol. The molecule has 0 saturated heterocycles. The summed E-state index contributed by atoms with van der Waals surface area (Å²) in [5.41, 5.74) is 0.961. The van der Waals surface area contributed by atoms with Crippen LogP contribution in [0.4, 0.5) is 0 Å². The number of benzene rings is 1. The van der Waals surface area contributed by atoms with Crippen LogP contribution in [0.1, 0.15) is 5.56 Å². The Hall–Kier alpha value is -0.890. The Morgan fingerprint density at radius 2 is 2.20 bits per heavy atom. The van der Waals surface area contributed by atoms with Crippen molar-refractivity contribution >= 4 is 18.7 Å². The van der Waals surface area contributed by atoms with Gasteiger partial charge >= 0.3 is 0 Å². The van der Waals surface area contributed by atoms with Crippen LogP contribution in [0.3, 0.4) is 0 Å². The Morgan fingerprint density at radius 1 is 1.50 bits per heavy atom. The predicted octanol–water partition coefficient (Wildman–Crippen LogP) is 2.32. The molecule has 10 heavy (non-hydrogen) atoms. The lowest BCUT2D eigenvalue weighted by molar-refractivity contribution is 0.462. The van der Waals surface area contributed by atoms with Crippen LogP contribution in [0.15, 0.2) is 29.7 Å². The number of phenolic OH excluding ortho intramolecular Hbond substituents is 1. The van der Waals surface area contributed by atoms with Gasteiger partial charge in [0.25, 0.3) is 0 Å². The van der Waals surface area contributed by atoms with Gasteiger partial charge in [0.15, 0.2) is 0 Å². The van der Waals surface area contributed by atoms with Crippen LogP contribution in [0.2, 0.25) is 0 Å². The first-order valence-corrected chi connectivity index (χ1v) is 3.33. The maximum Gasteiger partial charge on any atom is 0.128 e. The van der Waals surface area contributed by atoms with E-state index in [9.17, 15) is 0 Å². The second kappa shape index (κ2) is 2.80. The van der Waals surface area contributed by atoms with E-state index in [1.54, 1.807) is 24.3 Å². The van der Waals surface area contributed by atoms with E-state index in [4.69, 9.17) is 5.11 Å². The number of thiol groups is 1. The third kappa shape index (κ3) is 1.33. The average molecular weight is 152 g/mol. The zero-order valence-corrected chi connectivity index (χ0v) is 6.31. The first-order chi connectivity index (χ1) is 4.74. The molecular weight excluding hydrogens is 144 g/mol. The number of phenols is 1. The number of rotatable bonds is 1. The van der Waals surface area contributed by atoms with Crippen molar-refractivity contribution in [3.63, 3.8) is 0 Å². The van der Waals surface area contributed by atoms with Crippen LogP contribution in [-0.2, 0) is 0 Å². The summed E-state index contributed by atoms with van der Waals surface area (Å²) in [5, 5.41) is 9.03. The van der Waals surface area contributed by atoms with E-state index in [1.165, 1.54) is 0 Å². The van der Waals surface area contributed by atoms with Crippen LogP contribution in [0.5, 0.6) is 5.75 Å². The molecule has 0 aromatic heterocycles. The van der Waals surface area contributed by atoms with Crippen molar-refractivity contribution in [1.29, 1.82) is 0 Å². The maximum absolute atomic E-state index is 9.03. The van der Waals surface area contributed by atoms with Gasteiger partial charge in [0, 0.05) is 4.90 Å². The quantitative estimate of drug-likeness (QED) is 0.592. The summed E-state index contributed by atoms with van der Waals surface area (Å²) >= 11 is 4.02. The van der Waals surface area contributed by atoms with Crippen LogP contribution in [-0.4, -0.2) is 5.11 Å². The largest absolute Gasteiger partial charge is 0.507 e. The molecule has 1 aromatic rings. The van der Waals surface area contributed by atoms with Gasteiger partial charge in [0.2, 0.25) is 0 Å². The van der Waals surface area contributed by atoms with E-state index < -0.39 is 0 Å². The summed E-state index contributed by atoms with van der Waals surface area (Å²) in [7, 11) is 0. The molecule has 0 aliphatic rings. The van der Waals surface area contributed by atoms with Crippen LogP contribution < -0.4 is 0 Å². The lowest BCUT2D eigenvalue weighted by Crippen LogP contribution is -1.72. The fraction of sp³-hybridized carbons (Fsp3) is 0. The Kier molecular flexibility index (Phi) is 2.02. The molecule has 0 atom stereocenters. The summed E-state index contributed by atoms with van der Waals surface area (Å²) in [6, 6.07) is 5.13. The second-order valence-corrected chi connectivity index (χ2v) is 2.43. The normalized spacial score (nSPS) is 9.30. The Labute approximate surface area is 65.4 Å². The molecule has 0 saturated carbocycles. The third-order valence-electron chi connectivity index (χ3n) is 1.24. The average Bonchev–Trinajstić information content (AvgIpc) is 1.95. The highest BCUT2D eigenvalue weighted by Crippen LogP contribution is 2.21. The molecule has 0 spiro atoms. The first kappa shape index (κ1) is 7.22. The Balaban J connectivity index is 3.16. The van der Waals surface area contributed by atoms with Gasteiger partial charge < -0.3 is 5.11 Å². The molecule has 0 aliphatic heterocycles. The second-order valence-electron chi connectivity index (χ2n) is 1.95. The molecule has 0 radical (unpaired) electrons. The van der Waals surface area contributed by atoms with Crippen molar-refractivity contribution in [2.45, 2.75) is 4.90 Å². The molecular formula is C8H8OS. The van der Waals surface area contributed by atoms with E-state index in [2.05, 4.69) is 19.2 Å². The van der Waals surface area contributed by atoms with Gasteiger partial charge in [-0.1, -0.05) is 18.7 Å². The molecule has 0 unspecified atom stereocenters. The summed E-state index contributed by atoms with van der Waals surface area (Å²) in [6.07, 6.45) is 1.71. The number of aromatic hydroxyl groups is 1. The molecule has 1 N–H and O–H groups in total. The van der Waals surface area contributed by atoms with Crippen molar-refractivity contribution < 1.29 is 5.11 Å². The fourth-order valence-electron chi connectivity index (χ4n) is 0.667. The minimum absolute atomic E-state index is 0.203. The smallest absolute Gasteiger partial charge is 0.128 e.